The number of aryl methyl sites for hydroxylation is 1. The second kappa shape index (κ2) is 4.45. The van der Waals surface area contributed by atoms with Crippen LogP contribution in [0.3, 0.4) is 0 Å². The molecule has 1 aromatic carbocycles. The fourth-order valence-electron chi connectivity index (χ4n) is 1.27. The van der Waals surface area contributed by atoms with E-state index in [-0.39, 0.29) is 12.5 Å². The van der Waals surface area contributed by atoms with Crippen molar-refractivity contribution in [1.82, 2.24) is 4.90 Å². The molecule has 0 saturated carbocycles. The minimum atomic E-state index is -0.719. The summed E-state index contributed by atoms with van der Waals surface area (Å²) in [5.74, 6) is -0.344. The third-order valence-electron chi connectivity index (χ3n) is 1.98. The molecule has 1 rings (SSSR count). The number of carbonyl (C=O) groups is 1. The zero-order chi connectivity index (χ0) is 11.4. The predicted molar refractivity (Wildman–Crippen MR) is 58.2 cm³/mol. The lowest BCUT2D eigenvalue weighted by Gasteiger charge is -2.18. The Bertz CT molecular complexity index is 375. The summed E-state index contributed by atoms with van der Waals surface area (Å²) in [7, 11) is 0. The maximum absolute atomic E-state index is 11.0. The number of nitrogens with one attached hydrogen (secondary N) is 1. The summed E-state index contributed by atoms with van der Waals surface area (Å²) < 4.78 is 0. The van der Waals surface area contributed by atoms with Gasteiger partial charge in [0, 0.05) is 0 Å². The molecule has 5 N–H and O–H groups in total. The van der Waals surface area contributed by atoms with Crippen molar-refractivity contribution >= 4 is 12.0 Å². The van der Waals surface area contributed by atoms with E-state index in [1.54, 1.807) is 0 Å². The Kier molecular flexibility index (Phi) is 3.28. The van der Waals surface area contributed by atoms with Gasteiger partial charge in [0.1, 0.15) is 0 Å². The van der Waals surface area contributed by atoms with Crippen LogP contribution in [0.1, 0.15) is 11.1 Å². The number of hydrogen-bond acceptors (Lipinski definition) is 2. The first kappa shape index (κ1) is 11.0. The Hall–Kier alpha value is -2.04. The molecule has 1 aromatic rings. The van der Waals surface area contributed by atoms with Crippen LogP contribution in [0.15, 0.2) is 24.3 Å². The van der Waals surface area contributed by atoms with E-state index in [0.717, 1.165) is 16.0 Å². The fourth-order valence-corrected chi connectivity index (χ4v) is 1.27. The molecule has 5 nitrogen and oxygen atoms in total. The van der Waals surface area contributed by atoms with Gasteiger partial charge in [-0.15, -0.1) is 0 Å². The molecule has 5 heteroatoms. The van der Waals surface area contributed by atoms with Crippen LogP contribution in [-0.4, -0.2) is 16.9 Å². The summed E-state index contributed by atoms with van der Waals surface area (Å²) in [6.45, 7) is 2.18. The average Bonchev–Trinajstić information content (AvgIpc) is 2.13. The van der Waals surface area contributed by atoms with Crippen molar-refractivity contribution in [2.75, 3.05) is 0 Å². The molecular formula is C10H14N4O. The van der Waals surface area contributed by atoms with Crippen LogP contribution in [0.25, 0.3) is 0 Å². The number of carbonyl (C=O) groups excluding carboxylic acids is 1. The molecule has 0 heterocycles. The summed E-state index contributed by atoms with van der Waals surface area (Å²) in [6.07, 6.45) is 0. The molecule has 0 fully saturated rings. The van der Waals surface area contributed by atoms with Gasteiger partial charge in [0.2, 0.25) is 0 Å². The maximum atomic E-state index is 11.0. The lowest BCUT2D eigenvalue weighted by Crippen LogP contribution is -2.43. The van der Waals surface area contributed by atoms with Gasteiger partial charge in [-0.05, 0) is 12.5 Å². The number of primary amides is 1. The normalized spacial score (nSPS) is 9.67. The van der Waals surface area contributed by atoms with Gasteiger partial charge in [0.15, 0.2) is 5.96 Å². The summed E-state index contributed by atoms with van der Waals surface area (Å²) in [5, 5.41) is 7.19. The Labute approximate surface area is 88.2 Å². The van der Waals surface area contributed by atoms with Gasteiger partial charge >= 0.3 is 6.03 Å². The quantitative estimate of drug-likeness (QED) is 0.492. The van der Waals surface area contributed by atoms with Crippen molar-refractivity contribution in [3.05, 3.63) is 35.4 Å². The van der Waals surface area contributed by atoms with Crippen molar-refractivity contribution in [2.24, 2.45) is 11.5 Å². The Morgan fingerprint density at radius 1 is 1.47 bits per heavy atom. The van der Waals surface area contributed by atoms with Crippen molar-refractivity contribution in [1.29, 1.82) is 5.41 Å². The first-order chi connectivity index (χ1) is 7.00. The van der Waals surface area contributed by atoms with E-state index in [1.807, 2.05) is 31.2 Å². The highest BCUT2D eigenvalue weighted by atomic mass is 16.2. The lowest BCUT2D eigenvalue weighted by atomic mass is 10.1. The summed E-state index contributed by atoms with van der Waals surface area (Å²) >= 11 is 0. The molecule has 0 bridgehead atoms. The third-order valence-corrected chi connectivity index (χ3v) is 1.98. The van der Waals surface area contributed by atoms with Gasteiger partial charge in [-0.25, -0.2) is 4.79 Å². The first-order valence-electron chi connectivity index (χ1n) is 4.47. The van der Waals surface area contributed by atoms with Crippen molar-refractivity contribution in [2.45, 2.75) is 13.5 Å². The second-order valence-corrected chi connectivity index (χ2v) is 3.30. The predicted octanol–water partition coefficient (Wildman–Crippen LogP) is 0.769. The summed E-state index contributed by atoms with van der Waals surface area (Å²) in [5.41, 5.74) is 12.3. The highest BCUT2D eigenvalue weighted by molar-refractivity contribution is 5.92. The van der Waals surface area contributed by atoms with E-state index >= 15 is 0 Å². The summed E-state index contributed by atoms with van der Waals surface area (Å²) in [4.78, 5) is 12.0. The smallest absolute Gasteiger partial charge is 0.321 e. The molecule has 0 aliphatic rings. The van der Waals surface area contributed by atoms with Crippen molar-refractivity contribution in [3.8, 4) is 0 Å². The van der Waals surface area contributed by atoms with Crippen LogP contribution in [0, 0.1) is 12.3 Å². The van der Waals surface area contributed by atoms with Crippen LogP contribution < -0.4 is 11.5 Å². The van der Waals surface area contributed by atoms with Crippen LogP contribution in [0.5, 0.6) is 0 Å². The number of benzene rings is 1. The molecule has 0 saturated heterocycles. The van der Waals surface area contributed by atoms with E-state index in [9.17, 15) is 4.79 Å². The molecular weight excluding hydrogens is 192 g/mol. The molecule has 0 aliphatic heterocycles. The molecule has 0 spiro atoms. The van der Waals surface area contributed by atoms with Crippen molar-refractivity contribution in [3.63, 3.8) is 0 Å². The van der Waals surface area contributed by atoms with Crippen LogP contribution in [-0.2, 0) is 6.54 Å². The largest absolute Gasteiger partial charge is 0.370 e. The van der Waals surface area contributed by atoms with Gasteiger partial charge in [-0.3, -0.25) is 10.3 Å². The fraction of sp³-hybridized carbons (Fsp3) is 0.200. The highest BCUT2D eigenvalue weighted by Gasteiger charge is 2.12. The molecule has 0 atom stereocenters. The molecule has 0 unspecified atom stereocenters. The van der Waals surface area contributed by atoms with Crippen LogP contribution >= 0.6 is 0 Å². The number of nitrogens with zero attached hydrogens (tertiary/aromatic N) is 1. The first-order valence-corrected chi connectivity index (χ1v) is 4.47. The number of rotatable bonds is 2. The molecule has 0 radical (unpaired) electrons. The monoisotopic (exact) mass is 206 g/mol. The van der Waals surface area contributed by atoms with Gasteiger partial charge < -0.3 is 11.5 Å². The van der Waals surface area contributed by atoms with Gasteiger partial charge in [0.05, 0.1) is 6.54 Å². The number of guanidine groups is 1. The average molecular weight is 206 g/mol. The standard InChI is InChI=1S/C10H14N4O/c1-7-3-2-4-8(5-7)6-14(9(11)12)10(13)15/h2-5H,6H2,1H3,(H3,11,12)(H2,13,15). The molecule has 15 heavy (non-hydrogen) atoms. The van der Waals surface area contributed by atoms with E-state index in [4.69, 9.17) is 16.9 Å². The van der Waals surface area contributed by atoms with Crippen LogP contribution in [0.4, 0.5) is 4.79 Å². The number of amides is 2. The maximum Gasteiger partial charge on any atom is 0.321 e. The van der Waals surface area contributed by atoms with E-state index in [0.29, 0.717) is 0 Å². The minimum Gasteiger partial charge on any atom is -0.370 e. The Morgan fingerprint density at radius 2 is 2.13 bits per heavy atom. The van der Waals surface area contributed by atoms with E-state index in [2.05, 4.69) is 0 Å². The SMILES string of the molecule is Cc1cccc(CN(C(=N)N)C(N)=O)c1. The van der Waals surface area contributed by atoms with Gasteiger partial charge in [-0.1, -0.05) is 29.8 Å². The highest BCUT2D eigenvalue weighted by Crippen LogP contribution is 2.07. The number of urea groups is 1. The summed E-state index contributed by atoms with van der Waals surface area (Å²) in [6, 6.07) is 6.88. The third kappa shape index (κ3) is 2.98. The molecule has 2 amide bonds. The zero-order valence-electron chi connectivity index (χ0n) is 8.53. The van der Waals surface area contributed by atoms with Gasteiger partial charge in [0.25, 0.3) is 0 Å². The minimum absolute atomic E-state index is 0.229. The Balaban J connectivity index is 2.83. The number of nitrogens with two attached hydrogens (primary N) is 2. The zero-order valence-corrected chi connectivity index (χ0v) is 8.53. The molecule has 80 valence electrons. The second-order valence-electron chi connectivity index (χ2n) is 3.30. The van der Waals surface area contributed by atoms with E-state index in [1.165, 1.54) is 0 Å². The molecule has 0 aromatic heterocycles. The Morgan fingerprint density at radius 3 is 2.60 bits per heavy atom. The van der Waals surface area contributed by atoms with Gasteiger partial charge in [-0.2, -0.15) is 0 Å². The van der Waals surface area contributed by atoms with E-state index < -0.39 is 6.03 Å². The topological polar surface area (TPSA) is 96.2 Å². The van der Waals surface area contributed by atoms with Crippen LogP contribution in [0.2, 0.25) is 0 Å². The molecule has 0 aliphatic carbocycles. The lowest BCUT2D eigenvalue weighted by molar-refractivity contribution is 0.228. The number of hydrogen-bond donors (Lipinski definition) is 3. The van der Waals surface area contributed by atoms with Crippen molar-refractivity contribution < 1.29 is 4.79 Å².